The van der Waals surface area contributed by atoms with E-state index < -0.39 is 15.9 Å². The predicted molar refractivity (Wildman–Crippen MR) is 127 cm³/mol. The van der Waals surface area contributed by atoms with Crippen LogP contribution in [0.1, 0.15) is 27.8 Å². The maximum absolute atomic E-state index is 13.3. The molecule has 0 spiro atoms. The smallest absolute Gasteiger partial charge is 0.255 e. The lowest BCUT2D eigenvalue weighted by Gasteiger charge is -2.21. The highest BCUT2D eigenvalue weighted by Crippen LogP contribution is 2.19. The molecule has 32 heavy (non-hydrogen) atoms. The summed E-state index contributed by atoms with van der Waals surface area (Å²) in [7, 11) is -3.88. The van der Waals surface area contributed by atoms with Crippen molar-refractivity contribution < 1.29 is 13.2 Å². The van der Waals surface area contributed by atoms with E-state index in [0.29, 0.717) is 0 Å². The molecule has 0 saturated carbocycles. The van der Waals surface area contributed by atoms with Crippen LogP contribution in [0.4, 0.5) is 0 Å². The second-order valence-electron chi connectivity index (χ2n) is 7.78. The Morgan fingerprint density at radius 1 is 0.906 bits per heavy atom. The summed E-state index contributed by atoms with van der Waals surface area (Å²) >= 11 is 0. The first-order valence-corrected chi connectivity index (χ1v) is 11.7. The first-order valence-electron chi connectivity index (χ1n) is 10.2. The zero-order valence-corrected chi connectivity index (χ0v) is 19.3. The maximum Gasteiger partial charge on any atom is 0.255 e. The quantitative estimate of drug-likeness (QED) is 0.418. The van der Waals surface area contributed by atoms with Crippen molar-refractivity contribution in [3.8, 4) is 0 Å². The van der Waals surface area contributed by atoms with Gasteiger partial charge in [0.1, 0.15) is 0 Å². The monoisotopic (exact) mass is 449 g/mol. The van der Waals surface area contributed by atoms with Crippen molar-refractivity contribution >= 4 is 22.1 Å². The Balaban J connectivity index is 1.79. The van der Waals surface area contributed by atoms with Gasteiger partial charge in [-0.25, -0.2) is 13.8 Å². The van der Waals surface area contributed by atoms with E-state index in [9.17, 15) is 13.2 Å². The molecular weight excluding hydrogens is 422 g/mol. The highest BCUT2D eigenvalue weighted by molar-refractivity contribution is 7.89. The third-order valence-electron chi connectivity index (χ3n) is 4.90. The summed E-state index contributed by atoms with van der Waals surface area (Å²) in [6.45, 7) is 5.54. The molecule has 1 amide bonds. The molecule has 0 bridgehead atoms. The van der Waals surface area contributed by atoms with Gasteiger partial charge in [0, 0.05) is 6.54 Å². The molecule has 0 aliphatic heterocycles. The van der Waals surface area contributed by atoms with Gasteiger partial charge in [0.05, 0.1) is 17.7 Å². The van der Waals surface area contributed by atoms with E-state index >= 15 is 0 Å². The summed E-state index contributed by atoms with van der Waals surface area (Å²) in [4.78, 5) is 12.7. The van der Waals surface area contributed by atoms with Crippen molar-refractivity contribution in [1.29, 1.82) is 0 Å². The van der Waals surface area contributed by atoms with Gasteiger partial charge in [-0.1, -0.05) is 77.4 Å². The Morgan fingerprint density at radius 2 is 1.53 bits per heavy atom. The molecular formula is C25H27N3O3S. The van der Waals surface area contributed by atoms with Gasteiger partial charge in [-0.3, -0.25) is 4.79 Å². The number of hydrogen-bond acceptors (Lipinski definition) is 4. The largest absolute Gasteiger partial charge is 0.272 e. The van der Waals surface area contributed by atoms with E-state index in [1.54, 1.807) is 24.3 Å². The minimum Gasteiger partial charge on any atom is -0.272 e. The van der Waals surface area contributed by atoms with E-state index in [1.807, 2.05) is 69.3 Å². The minimum atomic E-state index is -3.88. The highest BCUT2D eigenvalue weighted by Gasteiger charge is 2.26. The Morgan fingerprint density at radius 3 is 2.16 bits per heavy atom. The van der Waals surface area contributed by atoms with Crippen molar-refractivity contribution in [2.24, 2.45) is 5.10 Å². The van der Waals surface area contributed by atoms with Crippen molar-refractivity contribution in [3.05, 3.63) is 101 Å². The van der Waals surface area contributed by atoms with Gasteiger partial charge in [-0.05, 0) is 44.0 Å². The van der Waals surface area contributed by atoms with Crippen molar-refractivity contribution in [1.82, 2.24) is 9.73 Å². The number of nitrogens with one attached hydrogen (secondary N) is 1. The molecule has 0 aliphatic rings. The van der Waals surface area contributed by atoms with Crippen molar-refractivity contribution in [2.75, 3.05) is 6.54 Å². The number of rotatable bonds is 8. The average Bonchev–Trinajstić information content (AvgIpc) is 2.75. The summed E-state index contributed by atoms with van der Waals surface area (Å²) in [5.41, 5.74) is 7.18. The van der Waals surface area contributed by atoms with Gasteiger partial charge in [-0.2, -0.15) is 9.41 Å². The van der Waals surface area contributed by atoms with Gasteiger partial charge in [-0.15, -0.1) is 0 Å². The van der Waals surface area contributed by atoms with Crippen LogP contribution >= 0.6 is 0 Å². The third-order valence-corrected chi connectivity index (χ3v) is 6.71. The zero-order chi connectivity index (χ0) is 23.1. The minimum absolute atomic E-state index is 0.0749. The first kappa shape index (κ1) is 23.4. The molecule has 0 radical (unpaired) electrons. The van der Waals surface area contributed by atoms with E-state index in [2.05, 4.69) is 10.5 Å². The molecule has 7 heteroatoms. The Kier molecular flexibility index (Phi) is 7.56. The third kappa shape index (κ3) is 6.35. The number of hydrazone groups is 1. The van der Waals surface area contributed by atoms with Crippen LogP contribution in [0.5, 0.6) is 0 Å². The maximum atomic E-state index is 13.3. The standard InChI is InChI=1S/C25H27N3O3S/c1-19-7-11-22(12-8-19)17-28(32(30,31)24-13-9-20(2)10-14-24)18-25(29)27-26-16-23-6-4-5-21(3)15-23/h4-16H,17-18H2,1-3H3,(H,27,29). The summed E-state index contributed by atoms with van der Waals surface area (Å²) in [5.74, 6) is -0.517. The van der Waals surface area contributed by atoms with Gasteiger partial charge in [0.2, 0.25) is 10.0 Å². The summed E-state index contributed by atoms with van der Waals surface area (Å²) in [6.07, 6.45) is 1.53. The van der Waals surface area contributed by atoms with Crippen LogP contribution in [-0.2, 0) is 21.4 Å². The van der Waals surface area contributed by atoms with E-state index in [1.165, 1.54) is 10.5 Å². The lowest BCUT2D eigenvalue weighted by molar-refractivity contribution is -0.121. The fourth-order valence-corrected chi connectivity index (χ4v) is 4.49. The van der Waals surface area contributed by atoms with Crippen molar-refractivity contribution in [2.45, 2.75) is 32.2 Å². The molecule has 0 atom stereocenters. The fourth-order valence-electron chi connectivity index (χ4n) is 3.11. The van der Waals surface area contributed by atoms with Crippen molar-refractivity contribution in [3.63, 3.8) is 0 Å². The molecule has 0 fully saturated rings. The molecule has 0 aliphatic carbocycles. The average molecular weight is 450 g/mol. The van der Waals surface area contributed by atoms with Gasteiger partial charge in [0.15, 0.2) is 0 Å². The Labute approximate surface area is 189 Å². The Hall–Kier alpha value is -3.29. The van der Waals surface area contributed by atoms with Crippen LogP contribution in [0, 0.1) is 20.8 Å². The number of nitrogens with zero attached hydrogens (tertiary/aromatic N) is 2. The molecule has 0 aromatic heterocycles. The number of benzene rings is 3. The molecule has 6 nitrogen and oxygen atoms in total. The molecule has 3 rings (SSSR count). The van der Waals surface area contributed by atoms with Gasteiger partial charge >= 0.3 is 0 Å². The molecule has 0 saturated heterocycles. The molecule has 3 aromatic rings. The van der Waals surface area contributed by atoms with Gasteiger partial charge < -0.3 is 0 Å². The summed E-state index contributed by atoms with van der Waals surface area (Å²) in [5, 5.41) is 3.97. The topological polar surface area (TPSA) is 78.8 Å². The summed E-state index contributed by atoms with van der Waals surface area (Å²) in [6, 6.07) is 21.8. The number of hydrogen-bond donors (Lipinski definition) is 1. The second-order valence-corrected chi connectivity index (χ2v) is 9.72. The van der Waals surface area contributed by atoms with E-state index in [4.69, 9.17) is 0 Å². The van der Waals surface area contributed by atoms with Crippen LogP contribution in [0.3, 0.4) is 0 Å². The number of aryl methyl sites for hydroxylation is 3. The zero-order valence-electron chi connectivity index (χ0n) is 18.4. The van der Waals surface area contributed by atoms with Crippen LogP contribution in [0.2, 0.25) is 0 Å². The SMILES string of the molecule is Cc1ccc(CN(CC(=O)NN=Cc2cccc(C)c2)S(=O)(=O)c2ccc(C)cc2)cc1. The molecule has 0 unspecified atom stereocenters. The van der Waals surface area contributed by atoms with Gasteiger partial charge in [0.25, 0.3) is 5.91 Å². The molecule has 166 valence electrons. The number of amides is 1. The van der Waals surface area contributed by atoms with Crippen LogP contribution in [0.25, 0.3) is 0 Å². The number of carbonyl (C=O) groups excluding carboxylic acids is 1. The molecule has 1 N–H and O–H groups in total. The van der Waals surface area contributed by atoms with E-state index in [-0.39, 0.29) is 18.0 Å². The van der Waals surface area contributed by atoms with E-state index in [0.717, 1.165) is 27.8 Å². The Bertz CT molecular complexity index is 1200. The lowest BCUT2D eigenvalue weighted by Crippen LogP contribution is -2.39. The highest BCUT2D eigenvalue weighted by atomic mass is 32.2. The first-order chi connectivity index (χ1) is 15.2. The van der Waals surface area contributed by atoms with Crippen LogP contribution in [-0.4, -0.2) is 31.4 Å². The van der Waals surface area contributed by atoms with Crippen LogP contribution in [0.15, 0.2) is 82.8 Å². The normalized spacial score (nSPS) is 11.8. The molecule has 3 aromatic carbocycles. The second kappa shape index (κ2) is 10.3. The number of carbonyl (C=O) groups is 1. The lowest BCUT2D eigenvalue weighted by atomic mass is 10.1. The molecule has 0 heterocycles. The fraction of sp³-hybridized carbons (Fsp3) is 0.200. The van der Waals surface area contributed by atoms with Crippen LogP contribution < -0.4 is 5.43 Å². The predicted octanol–water partition coefficient (Wildman–Crippen LogP) is 3.95. The number of sulfonamides is 1. The summed E-state index contributed by atoms with van der Waals surface area (Å²) < 4.78 is 27.7.